The second-order valence-corrected chi connectivity index (χ2v) is 4.08. The molecule has 0 bridgehead atoms. The normalized spacial score (nSPS) is 12.5. The Hall–Kier alpha value is -1.15. The molecule has 0 radical (unpaired) electrons. The maximum Gasteiger partial charge on any atom is 0.167 e. The number of Topliss-reactive ketones (excluding diaryl/α,β-unsaturated/α-hetero) is 1. The first-order valence-electron chi connectivity index (χ1n) is 5.41. The number of aryl methyl sites for hydroxylation is 2. The lowest BCUT2D eigenvalue weighted by atomic mass is 9.93. The van der Waals surface area contributed by atoms with Crippen molar-refractivity contribution in [3.63, 3.8) is 0 Å². The largest absolute Gasteiger partial charge is 0.330 e. The Balaban J connectivity index is 3.00. The Labute approximate surface area is 91.5 Å². The maximum atomic E-state index is 12.0. The molecule has 1 atom stereocenters. The van der Waals surface area contributed by atoms with Gasteiger partial charge >= 0.3 is 0 Å². The van der Waals surface area contributed by atoms with Gasteiger partial charge in [0.25, 0.3) is 0 Å². The summed E-state index contributed by atoms with van der Waals surface area (Å²) in [5.41, 5.74) is 8.63. The Morgan fingerprint density at radius 2 is 1.80 bits per heavy atom. The van der Waals surface area contributed by atoms with Gasteiger partial charge in [0, 0.05) is 18.0 Å². The third-order valence-corrected chi connectivity index (χ3v) is 2.65. The van der Waals surface area contributed by atoms with Crippen molar-refractivity contribution < 1.29 is 4.79 Å². The molecule has 0 aliphatic carbocycles. The van der Waals surface area contributed by atoms with Crippen molar-refractivity contribution in [2.75, 3.05) is 6.54 Å². The maximum absolute atomic E-state index is 12.0. The first-order chi connectivity index (χ1) is 7.08. The van der Waals surface area contributed by atoms with Crippen LogP contribution in [0.4, 0.5) is 0 Å². The zero-order valence-electron chi connectivity index (χ0n) is 9.71. The van der Waals surface area contributed by atoms with Crippen LogP contribution in [0.3, 0.4) is 0 Å². The highest BCUT2D eigenvalue weighted by Crippen LogP contribution is 2.15. The van der Waals surface area contributed by atoms with Crippen molar-refractivity contribution in [2.24, 2.45) is 11.7 Å². The summed E-state index contributed by atoms with van der Waals surface area (Å²) in [4.78, 5) is 12.0. The van der Waals surface area contributed by atoms with E-state index in [0.29, 0.717) is 6.54 Å². The predicted octanol–water partition coefficient (Wildman–Crippen LogP) is 2.47. The Morgan fingerprint density at radius 1 is 1.27 bits per heavy atom. The third-order valence-electron chi connectivity index (χ3n) is 2.65. The molecule has 1 aromatic rings. The van der Waals surface area contributed by atoms with Crippen LogP contribution in [0.1, 0.15) is 34.8 Å². The standard InChI is InChI=1S/C13H19NO/c1-4-11(8-14)13(15)12-6-9(2)5-10(3)7-12/h5-7,11H,4,8,14H2,1-3H3. The number of carbonyl (C=O) groups excluding carboxylic acids is 1. The zero-order chi connectivity index (χ0) is 11.4. The minimum atomic E-state index is -0.0359. The van der Waals surface area contributed by atoms with Gasteiger partial charge in [0.15, 0.2) is 5.78 Å². The summed E-state index contributed by atoms with van der Waals surface area (Å²) in [6.45, 7) is 6.45. The molecule has 0 heterocycles. The number of hydrogen-bond donors (Lipinski definition) is 1. The zero-order valence-corrected chi connectivity index (χ0v) is 9.71. The summed E-state index contributed by atoms with van der Waals surface area (Å²) >= 11 is 0. The van der Waals surface area contributed by atoms with Crippen LogP contribution in [0, 0.1) is 19.8 Å². The van der Waals surface area contributed by atoms with Gasteiger partial charge in [0.1, 0.15) is 0 Å². The highest BCUT2D eigenvalue weighted by Gasteiger charge is 2.16. The first kappa shape index (κ1) is 11.9. The van der Waals surface area contributed by atoms with E-state index in [2.05, 4.69) is 6.07 Å². The van der Waals surface area contributed by atoms with Crippen LogP contribution < -0.4 is 5.73 Å². The molecule has 2 nitrogen and oxygen atoms in total. The smallest absolute Gasteiger partial charge is 0.167 e. The van der Waals surface area contributed by atoms with Gasteiger partial charge in [-0.1, -0.05) is 24.1 Å². The minimum Gasteiger partial charge on any atom is -0.330 e. The van der Waals surface area contributed by atoms with Crippen molar-refractivity contribution in [3.8, 4) is 0 Å². The lowest BCUT2D eigenvalue weighted by Crippen LogP contribution is -2.23. The third kappa shape index (κ3) is 2.90. The van der Waals surface area contributed by atoms with E-state index in [-0.39, 0.29) is 11.7 Å². The quantitative estimate of drug-likeness (QED) is 0.767. The molecule has 0 amide bonds. The monoisotopic (exact) mass is 205 g/mol. The highest BCUT2D eigenvalue weighted by atomic mass is 16.1. The van der Waals surface area contributed by atoms with Gasteiger partial charge in [-0.05, 0) is 32.4 Å². The van der Waals surface area contributed by atoms with E-state index in [1.165, 1.54) is 0 Å². The molecule has 0 aliphatic rings. The van der Waals surface area contributed by atoms with Gasteiger partial charge in [-0.2, -0.15) is 0 Å². The number of carbonyl (C=O) groups is 1. The fraction of sp³-hybridized carbons (Fsp3) is 0.462. The van der Waals surface area contributed by atoms with Gasteiger partial charge in [-0.25, -0.2) is 0 Å². The van der Waals surface area contributed by atoms with Crippen molar-refractivity contribution in [2.45, 2.75) is 27.2 Å². The summed E-state index contributed by atoms with van der Waals surface area (Å²) < 4.78 is 0. The van der Waals surface area contributed by atoms with Crippen molar-refractivity contribution in [3.05, 3.63) is 34.9 Å². The second kappa shape index (κ2) is 5.08. The highest BCUT2D eigenvalue weighted by molar-refractivity contribution is 5.98. The number of nitrogens with two attached hydrogens (primary N) is 1. The van der Waals surface area contributed by atoms with Crippen molar-refractivity contribution in [1.82, 2.24) is 0 Å². The lowest BCUT2D eigenvalue weighted by molar-refractivity contribution is 0.0921. The molecule has 0 saturated carbocycles. The summed E-state index contributed by atoms with van der Waals surface area (Å²) in [6.07, 6.45) is 0.808. The molecule has 0 aliphatic heterocycles. The number of ketones is 1. The molecule has 1 unspecified atom stereocenters. The van der Waals surface area contributed by atoms with E-state index in [4.69, 9.17) is 5.73 Å². The minimum absolute atomic E-state index is 0.0359. The van der Waals surface area contributed by atoms with Gasteiger partial charge in [-0.3, -0.25) is 4.79 Å². The van der Waals surface area contributed by atoms with Crippen LogP contribution in [-0.4, -0.2) is 12.3 Å². The SMILES string of the molecule is CCC(CN)C(=O)c1cc(C)cc(C)c1. The Kier molecular flexibility index (Phi) is 4.04. The van der Waals surface area contributed by atoms with Gasteiger partial charge < -0.3 is 5.73 Å². The van der Waals surface area contributed by atoms with E-state index in [0.717, 1.165) is 23.1 Å². The molecule has 0 fully saturated rings. The van der Waals surface area contributed by atoms with E-state index >= 15 is 0 Å². The molecular weight excluding hydrogens is 186 g/mol. The molecule has 1 aromatic carbocycles. The molecular formula is C13H19NO. The molecule has 15 heavy (non-hydrogen) atoms. The molecule has 0 spiro atoms. The molecule has 1 rings (SSSR count). The van der Waals surface area contributed by atoms with Crippen LogP contribution in [0.15, 0.2) is 18.2 Å². The van der Waals surface area contributed by atoms with Crippen LogP contribution in [0.25, 0.3) is 0 Å². The summed E-state index contributed by atoms with van der Waals surface area (Å²) in [7, 11) is 0. The van der Waals surface area contributed by atoms with E-state index in [9.17, 15) is 4.79 Å². The van der Waals surface area contributed by atoms with Crippen LogP contribution in [-0.2, 0) is 0 Å². The fourth-order valence-electron chi connectivity index (χ4n) is 1.81. The second-order valence-electron chi connectivity index (χ2n) is 4.08. The van der Waals surface area contributed by atoms with E-state index in [1.54, 1.807) is 0 Å². The van der Waals surface area contributed by atoms with Crippen LogP contribution in [0.2, 0.25) is 0 Å². The first-order valence-corrected chi connectivity index (χ1v) is 5.41. The average molecular weight is 205 g/mol. The van der Waals surface area contributed by atoms with Crippen molar-refractivity contribution >= 4 is 5.78 Å². The van der Waals surface area contributed by atoms with Crippen molar-refractivity contribution in [1.29, 1.82) is 0 Å². The summed E-state index contributed by atoms with van der Waals surface area (Å²) in [6, 6.07) is 5.95. The topological polar surface area (TPSA) is 43.1 Å². The molecule has 2 heteroatoms. The van der Waals surface area contributed by atoms with Crippen LogP contribution in [0.5, 0.6) is 0 Å². The van der Waals surface area contributed by atoms with Gasteiger partial charge in [0.2, 0.25) is 0 Å². The molecule has 0 aromatic heterocycles. The lowest BCUT2D eigenvalue weighted by Gasteiger charge is -2.11. The van der Waals surface area contributed by atoms with E-state index in [1.807, 2.05) is 32.9 Å². The van der Waals surface area contributed by atoms with E-state index < -0.39 is 0 Å². The Bertz CT molecular complexity index is 333. The molecule has 82 valence electrons. The fourth-order valence-corrected chi connectivity index (χ4v) is 1.81. The predicted molar refractivity (Wildman–Crippen MR) is 63.1 cm³/mol. The summed E-state index contributed by atoms with van der Waals surface area (Å²) in [5.74, 6) is 0.137. The Morgan fingerprint density at radius 3 is 2.20 bits per heavy atom. The number of hydrogen-bond acceptors (Lipinski definition) is 2. The molecule has 2 N–H and O–H groups in total. The summed E-state index contributed by atoms with van der Waals surface area (Å²) in [5, 5.41) is 0. The average Bonchev–Trinajstić information content (AvgIpc) is 2.18. The van der Waals surface area contributed by atoms with Gasteiger partial charge in [-0.15, -0.1) is 0 Å². The molecule has 0 saturated heterocycles. The number of rotatable bonds is 4. The van der Waals surface area contributed by atoms with Gasteiger partial charge in [0.05, 0.1) is 0 Å². The number of benzene rings is 1. The van der Waals surface area contributed by atoms with Crippen LogP contribution >= 0.6 is 0 Å².